The van der Waals surface area contributed by atoms with Crippen LogP contribution >= 0.6 is 0 Å². The Kier molecular flexibility index (Phi) is 21.4. The van der Waals surface area contributed by atoms with Crippen LogP contribution in [-0.2, 0) is 29.8 Å². The van der Waals surface area contributed by atoms with Gasteiger partial charge in [0.1, 0.15) is 20.2 Å². The monoisotopic (exact) mass is 528 g/mol. The third-order valence-corrected chi connectivity index (χ3v) is 3.76. The summed E-state index contributed by atoms with van der Waals surface area (Å²) in [5, 5.41) is 16.9. The number of hydrogen-bond donors (Lipinski definition) is 2. The van der Waals surface area contributed by atoms with Crippen molar-refractivity contribution in [3.8, 4) is 0 Å². The summed E-state index contributed by atoms with van der Waals surface area (Å²) in [4.78, 5) is 19.1. The number of aliphatic carboxylic acids is 2. The van der Waals surface area contributed by atoms with Gasteiger partial charge < -0.3 is 19.3 Å². The second kappa shape index (κ2) is 19.7. The first-order valence-corrected chi connectivity index (χ1v) is 11.2. The van der Waals surface area contributed by atoms with Crippen LogP contribution in [0.3, 0.4) is 0 Å². The Bertz CT molecular complexity index is 1070. The Morgan fingerprint density at radius 1 is 0.618 bits per heavy atom. The van der Waals surface area contributed by atoms with Crippen molar-refractivity contribution in [2.45, 2.75) is 0 Å². The van der Waals surface area contributed by atoms with E-state index in [1.165, 1.54) is 12.2 Å². The van der Waals surface area contributed by atoms with Crippen molar-refractivity contribution in [1.82, 2.24) is 0 Å². The molecule has 0 atom stereocenters. The normalized spacial score (nSPS) is 10.8. The van der Waals surface area contributed by atoms with E-state index in [2.05, 4.69) is 0 Å². The van der Waals surface area contributed by atoms with Crippen LogP contribution in [0.4, 0.5) is 0 Å². The summed E-state index contributed by atoms with van der Waals surface area (Å²) < 4.78 is 61.0. The Hall–Kier alpha value is -1.58. The largest absolute Gasteiger partial charge is 1.00 e. The zero-order valence-electron chi connectivity index (χ0n) is 18.2. The number of rotatable bonds is 6. The molecule has 0 aliphatic rings. The van der Waals surface area contributed by atoms with Gasteiger partial charge in [0, 0.05) is 23.0 Å². The summed E-state index contributed by atoms with van der Waals surface area (Å²) in [5.41, 5.74) is 1.38. The minimum atomic E-state index is -4.25. The summed E-state index contributed by atoms with van der Waals surface area (Å²) in [6.45, 7) is 0. The number of hydrogen-bond acceptors (Lipinski definition) is 8. The van der Waals surface area contributed by atoms with Crippen LogP contribution in [0.15, 0.2) is 83.6 Å². The van der Waals surface area contributed by atoms with E-state index in [1.807, 2.05) is 12.1 Å². The maximum Gasteiger partial charge on any atom is 1.00 e. The van der Waals surface area contributed by atoms with Crippen molar-refractivity contribution in [1.29, 1.82) is 0 Å². The molecule has 14 heteroatoms. The van der Waals surface area contributed by atoms with Gasteiger partial charge in [0.05, 0.1) is 0 Å². The van der Waals surface area contributed by atoms with E-state index >= 15 is 0 Å². The third kappa shape index (κ3) is 26.7. The van der Waals surface area contributed by atoms with Gasteiger partial charge in [0.2, 0.25) is 0 Å². The first-order chi connectivity index (χ1) is 14.8. The van der Waals surface area contributed by atoms with Crippen molar-refractivity contribution < 1.29 is 105 Å². The summed E-state index contributed by atoms with van der Waals surface area (Å²) in [6.07, 6.45) is 3.65. The number of carboxylic acids is 2. The molecule has 0 fully saturated rings. The molecule has 0 heterocycles. The molecule has 0 saturated carbocycles. The van der Waals surface area contributed by atoms with Gasteiger partial charge in [-0.1, -0.05) is 60.7 Å². The fourth-order valence-electron chi connectivity index (χ4n) is 1.59. The molecule has 2 N–H and O–H groups in total. The van der Waals surface area contributed by atoms with E-state index in [1.54, 1.807) is 48.5 Å². The predicted octanol–water partition coefficient (Wildman–Crippen LogP) is -3.88. The Labute approximate surface area is 241 Å². The summed E-state index contributed by atoms with van der Waals surface area (Å²) in [5.74, 6) is -2.51. The fraction of sp³-hybridized carbons (Fsp3) is 0. The molecule has 0 radical (unpaired) electrons. The smallest absolute Gasteiger partial charge is 0.744 e. The van der Waals surface area contributed by atoms with E-state index in [4.69, 9.17) is 10.2 Å². The summed E-state index contributed by atoms with van der Waals surface area (Å²) in [7, 11) is -8.51. The molecule has 0 aromatic heterocycles. The van der Waals surface area contributed by atoms with Gasteiger partial charge in [-0.2, -0.15) is 0 Å². The average Bonchev–Trinajstić information content (AvgIpc) is 2.71. The van der Waals surface area contributed by atoms with E-state index in [9.17, 15) is 35.5 Å². The van der Waals surface area contributed by atoms with Crippen molar-refractivity contribution in [3.05, 3.63) is 94.8 Å². The van der Waals surface area contributed by atoms with Gasteiger partial charge in [-0.05, 0) is 23.3 Å². The second-order valence-electron chi connectivity index (χ2n) is 5.42. The number of carbonyl (C=O) groups is 2. The molecule has 0 amide bonds. The molecular weight excluding hydrogens is 510 g/mol. The SMILES string of the molecule is O=C(O)/C=C\C(=O)O.O=S(=O)([O-])C=Cc1ccccc1.O=S(=O)([O-])C=Cc1ccccc1.[Na+].[Na+]. The van der Waals surface area contributed by atoms with Gasteiger partial charge in [-0.15, -0.1) is 0 Å². The van der Waals surface area contributed by atoms with Gasteiger partial charge in [-0.3, -0.25) is 0 Å². The topological polar surface area (TPSA) is 189 Å². The van der Waals surface area contributed by atoms with Crippen LogP contribution < -0.4 is 59.1 Å². The maximum atomic E-state index is 10.2. The summed E-state index contributed by atoms with van der Waals surface area (Å²) in [6, 6.07) is 17.5. The zero-order chi connectivity index (χ0) is 24.6. The molecule has 0 aliphatic carbocycles. The first kappa shape index (κ1) is 37.0. The van der Waals surface area contributed by atoms with E-state index < -0.39 is 32.2 Å². The van der Waals surface area contributed by atoms with Crippen LogP contribution in [0, 0.1) is 0 Å². The van der Waals surface area contributed by atoms with Crippen molar-refractivity contribution >= 4 is 44.3 Å². The number of benzene rings is 2. The minimum Gasteiger partial charge on any atom is -0.744 e. The quantitative estimate of drug-likeness (QED) is 0.213. The minimum absolute atomic E-state index is 0. The zero-order valence-corrected chi connectivity index (χ0v) is 23.8. The molecular formula is C20H18Na2O10S2. The molecule has 0 saturated heterocycles. The van der Waals surface area contributed by atoms with E-state index in [0.29, 0.717) is 34.1 Å². The van der Waals surface area contributed by atoms with Crippen LogP contribution in [0.1, 0.15) is 11.1 Å². The first-order valence-electron chi connectivity index (χ1n) is 8.30. The maximum absolute atomic E-state index is 10.2. The Morgan fingerprint density at radius 3 is 1.09 bits per heavy atom. The molecule has 2 aromatic rings. The van der Waals surface area contributed by atoms with Crippen LogP contribution in [0.25, 0.3) is 12.2 Å². The van der Waals surface area contributed by atoms with Crippen LogP contribution in [-0.4, -0.2) is 48.1 Å². The molecule has 2 aromatic carbocycles. The predicted molar refractivity (Wildman–Crippen MR) is 115 cm³/mol. The van der Waals surface area contributed by atoms with Gasteiger partial charge in [-0.25, -0.2) is 26.4 Å². The van der Waals surface area contributed by atoms with Gasteiger partial charge >= 0.3 is 71.1 Å². The van der Waals surface area contributed by atoms with Crippen molar-refractivity contribution in [2.24, 2.45) is 0 Å². The van der Waals surface area contributed by atoms with Crippen molar-refractivity contribution in [3.63, 3.8) is 0 Å². The Morgan fingerprint density at radius 2 is 0.882 bits per heavy atom. The molecule has 2 rings (SSSR count). The molecule has 0 spiro atoms. The fourth-order valence-corrected chi connectivity index (χ4v) is 2.24. The van der Waals surface area contributed by atoms with E-state index in [-0.39, 0.29) is 59.1 Å². The van der Waals surface area contributed by atoms with Crippen LogP contribution in [0.2, 0.25) is 0 Å². The Balaban J connectivity index is -0.000000422. The average molecular weight is 528 g/mol. The van der Waals surface area contributed by atoms with Gasteiger partial charge in [0.15, 0.2) is 0 Å². The molecule has 172 valence electrons. The third-order valence-electron chi connectivity index (χ3n) is 2.82. The van der Waals surface area contributed by atoms with Gasteiger partial charge in [0.25, 0.3) is 0 Å². The molecule has 0 bridgehead atoms. The van der Waals surface area contributed by atoms with Crippen LogP contribution in [0.5, 0.6) is 0 Å². The summed E-state index contributed by atoms with van der Waals surface area (Å²) >= 11 is 0. The molecule has 0 unspecified atom stereocenters. The number of carboxylic acid groups (broad SMARTS) is 2. The standard InChI is InChI=1S/2C8H8O3S.C4H4O4.2Na/c2*9-12(10,11)7-6-8-4-2-1-3-5-8;5-3(6)1-2-4(7)8;;/h2*1-7H,(H,9,10,11);1-2H,(H,5,6)(H,7,8);;/q;;;2*+1/p-2/b;;2-1-;;. The molecule has 10 nitrogen and oxygen atoms in total. The molecule has 0 aliphatic heterocycles. The molecule has 34 heavy (non-hydrogen) atoms. The second-order valence-corrected chi connectivity index (χ2v) is 7.94. The van der Waals surface area contributed by atoms with E-state index in [0.717, 1.165) is 0 Å². The van der Waals surface area contributed by atoms with Crippen molar-refractivity contribution in [2.75, 3.05) is 0 Å².